The Bertz CT molecular complexity index is 414. The smallest absolute Gasteiger partial charge is 0.0894 e. The standard InChI is InChI=1S/C10H12N2P2/c1-13-9-10(14-2)12-8-6-4-3-5-7(8)11-9/h3-6,13-14H,1-2H3. The van der Waals surface area contributed by atoms with E-state index in [1.54, 1.807) is 0 Å². The number of hydrogen-bond donors (Lipinski definition) is 0. The predicted octanol–water partition coefficient (Wildman–Crippen LogP) is 1.50. The third kappa shape index (κ3) is 1.78. The highest BCUT2D eigenvalue weighted by atomic mass is 31.1. The Morgan fingerprint density at radius 2 is 1.29 bits per heavy atom. The summed E-state index contributed by atoms with van der Waals surface area (Å²) in [6.45, 7) is 4.31. The second-order valence-electron chi connectivity index (χ2n) is 2.91. The van der Waals surface area contributed by atoms with Crippen LogP contribution in [0.2, 0.25) is 0 Å². The van der Waals surface area contributed by atoms with Crippen molar-refractivity contribution in [2.45, 2.75) is 0 Å². The highest BCUT2D eigenvalue weighted by Crippen LogP contribution is 2.12. The van der Waals surface area contributed by atoms with Crippen molar-refractivity contribution >= 4 is 39.1 Å². The summed E-state index contributed by atoms with van der Waals surface area (Å²) in [4.78, 5) is 9.24. The molecule has 2 unspecified atom stereocenters. The van der Waals surface area contributed by atoms with Crippen LogP contribution in [0.3, 0.4) is 0 Å². The van der Waals surface area contributed by atoms with Gasteiger partial charge in [-0.05, 0) is 25.5 Å². The number of para-hydroxylation sites is 2. The molecular formula is C10H12N2P2. The maximum atomic E-state index is 4.62. The van der Waals surface area contributed by atoms with Crippen LogP contribution in [0.25, 0.3) is 11.0 Å². The van der Waals surface area contributed by atoms with Crippen molar-refractivity contribution in [2.24, 2.45) is 0 Å². The predicted molar refractivity (Wildman–Crippen MR) is 67.3 cm³/mol. The van der Waals surface area contributed by atoms with Crippen LogP contribution < -0.4 is 10.9 Å². The van der Waals surface area contributed by atoms with E-state index in [1.165, 1.54) is 10.9 Å². The van der Waals surface area contributed by atoms with Crippen LogP contribution in [0.1, 0.15) is 0 Å². The fourth-order valence-corrected chi connectivity index (χ4v) is 3.15. The van der Waals surface area contributed by atoms with E-state index >= 15 is 0 Å². The molecule has 2 atom stereocenters. The number of benzene rings is 1. The molecule has 0 bridgehead atoms. The molecule has 2 rings (SSSR count). The molecule has 4 heteroatoms. The molecule has 0 saturated carbocycles. The Balaban J connectivity index is 2.69. The molecule has 0 spiro atoms. The Kier molecular flexibility index (Phi) is 3.05. The highest BCUT2D eigenvalue weighted by Gasteiger charge is 2.04. The molecule has 2 aromatic rings. The monoisotopic (exact) mass is 222 g/mol. The molecular weight excluding hydrogens is 210 g/mol. The molecule has 72 valence electrons. The average molecular weight is 222 g/mol. The fourth-order valence-electron chi connectivity index (χ4n) is 1.35. The van der Waals surface area contributed by atoms with Crippen LogP contribution in [-0.4, -0.2) is 23.3 Å². The van der Waals surface area contributed by atoms with E-state index in [0.717, 1.165) is 28.2 Å². The Hall–Kier alpha value is -0.580. The fraction of sp³-hybridized carbons (Fsp3) is 0.200. The summed E-state index contributed by atoms with van der Waals surface area (Å²) in [6, 6.07) is 8.06. The lowest BCUT2D eigenvalue weighted by molar-refractivity contribution is 1.39. The number of aromatic nitrogens is 2. The molecule has 0 amide bonds. The van der Waals surface area contributed by atoms with Crippen molar-refractivity contribution in [1.29, 1.82) is 0 Å². The lowest BCUT2D eigenvalue weighted by Crippen LogP contribution is -2.22. The molecule has 0 N–H and O–H groups in total. The van der Waals surface area contributed by atoms with E-state index < -0.39 is 0 Å². The topological polar surface area (TPSA) is 25.8 Å². The van der Waals surface area contributed by atoms with E-state index in [-0.39, 0.29) is 0 Å². The van der Waals surface area contributed by atoms with Crippen LogP contribution in [0.5, 0.6) is 0 Å². The van der Waals surface area contributed by atoms with Crippen LogP contribution >= 0.6 is 17.2 Å². The second-order valence-corrected chi connectivity index (χ2v) is 4.86. The van der Waals surface area contributed by atoms with Gasteiger partial charge >= 0.3 is 0 Å². The van der Waals surface area contributed by atoms with E-state index in [2.05, 4.69) is 23.3 Å². The quantitative estimate of drug-likeness (QED) is 0.719. The largest absolute Gasteiger partial charge is 0.244 e. The van der Waals surface area contributed by atoms with Gasteiger partial charge in [0.05, 0.1) is 21.9 Å². The van der Waals surface area contributed by atoms with Crippen molar-refractivity contribution in [2.75, 3.05) is 13.3 Å². The molecule has 14 heavy (non-hydrogen) atoms. The summed E-state index contributed by atoms with van der Waals surface area (Å²) in [5.41, 5.74) is 4.37. The van der Waals surface area contributed by atoms with E-state index in [0.29, 0.717) is 0 Å². The first-order valence-corrected chi connectivity index (χ1v) is 7.47. The molecule has 2 nitrogen and oxygen atoms in total. The van der Waals surface area contributed by atoms with Gasteiger partial charge in [-0.1, -0.05) is 29.3 Å². The third-order valence-electron chi connectivity index (χ3n) is 2.04. The average Bonchev–Trinajstić information content (AvgIpc) is 2.27. The molecule has 0 saturated heterocycles. The number of nitrogens with zero attached hydrogens (tertiary/aromatic N) is 2. The van der Waals surface area contributed by atoms with E-state index in [9.17, 15) is 0 Å². The molecule has 1 aromatic carbocycles. The van der Waals surface area contributed by atoms with Gasteiger partial charge in [0, 0.05) is 0 Å². The minimum atomic E-state index is 0.732. The van der Waals surface area contributed by atoms with Gasteiger partial charge in [-0.3, -0.25) is 0 Å². The SMILES string of the molecule is CPc1nc2ccccc2nc1PC. The van der Waals surface area contributed by atoms with E-state index in [4.69, 9.17) is 0 Å². The number of hydrogen-bond acceptors (Lipinski definition) is 2. The molecule has 0 aliphatic heterocycles. The first kappa shape index (κ1) is 9.96. The molecule has 0 radical (unpaired) electrons. The van der Waals surface area contributed by atoms with Crippen molar-refractivity contribution < 1.29 is 0 Å². The zero-order valence-corrected chi connectivity index (χ0v) is 10.2. The zero-order chi connectivity index (χ0) is 9.97. The van der Waals surface area contributed by atoms with Gasteiger partial charge < -0.3 is 0 Å². The van der Waals surface area contributed by atoms with Crippen molar-refractivity contribution in [1.82, 2.24) is 9.97 Å². The molecule has 0 fully saturated rings. The number of rotatable bonds is 2. The van der Waals surface area contributed by atoms with Gasteiger partial charge in [0.25, 0.3) is 0 Å². The van der Waals surface area contributed by atoms with Crippen LogP contribution in [-0.2, 0) is 0 Å². The van der Waals surface area contributed by atoms with Gasteiger partial charge in [0.15, 0.2) is 0 Å². The molecule has 0 aliphatic rings. The van der Waals surface area contributed by atoms with Crippen molar-refractivity contribution in [3.63, 3.8) is 0 Å². The summed E-state index contributed by atoms with van der Waals surface area (Å²) in [7, 11) is 1.46. The lowest BCUT2D eigenvalue weighted by atomic mass is 10.3. The van der Waals surface area contributed by atoms with Gasteiger partial charge in [-0.2, -0.15) is 0 Å². The first-order chi connectivity index (χ1) is 6.85. The summed E-state index contributed by atoms with van der Waals surface area (Å²) in [5.74, 6) is 0. The summed E-state index contributed by atoms with van der Waals surface area (Å²) in [5, 5.41) is 0. The van der Waals surface area contributed by atoms with Crippen LogP contribution in [0.15, 0.2) is 24.3 Å². The Morgan fingerprint density at radius 3 is 1.64 bits per heavy atom. The zero-order valence-electron chi connectivity index (χ0n) is 8.20. The van der Waals surface area contributed by atoms with Crippen molar-refractivity contribution in [3.05, 3.63) is 24.3 Å². The molecule has 0 aliphatic carbocycles. The Morgan fingerprint density at radius 1 is 0.857 bits per heavy atom. The molecule has 1 aromatic heterocycles. The van der Waals surface area contributed by atoms with Gasteiger partial charge in [-0.25, -0.2) is 9.97 Å². The lowest BCUT2D eigenvalue weighted by Gasteiger charge is -2.05. The number of fused-ring (bicyclic) bond motifs is 1. The third-order valence-corrected chi connectivity index (χ3v) is 3.94. The summed E-state index contributed by atoms with van der Waals surface area (Å²) in [6.07, 6.45) is 0. The molecule has 1 heterocycles. The van der Waals surface area contributed by atoms with Crippen LogP contribution in [0.4, 0.5) is 0 Å². The first-order valence-electron chi connectivity index (χ1n) is 4.47. The van der Waals surface area contributed by atoms with Gasteiger partial charge in [0.2, 0.25) is 0 Å². The van der Waals surface area contributed by atoms with Gasteiger partial charge in [-0.15, -0.1) is 0 Å². The van der Waals surface area contributed by atoms with Gasteiger partial charge in [0.1, 0.15) is 0 Å². The highest BCUT2D eigenvalue weighted by molar-refractivity contribution is 7.53. The minimum absolute atomic E-state index is 0.732. The Labute approximate surface area is 87.1 Å². The second kappa shape index (κ2) is 4.29. The maximum absolute atomic E-state index is 4.62. The van der Waals surface area contributed by atoms with E-state index in [1.807, 2.05) is 24.3 Å². The minimum Gasteiger partial charge on any atom is -0.244 e. The normalized spacial score (nSPS) is 12.4. The summed E-state index contributed by atoms with van der Waals surface area (Å²) < 4.78 is 0. The summed E-state index contributed by atoms with van der Waals surface area (Å²) >= 11 is 0. The van der Waals surface area contributed by atoms with Crippen molar-refractivity contribution in [3.8, 4) is 0 Å². The van der Waals surface area contributed by atoms with Crippen LogP contribution in [0, 0.1) is 0 Å². The maximum Gasteiger partial charge on any atom is 0.0894 e.